The standard InChI is InChI=1S/C20H22FN3O2/c1-14(25)23-17-8-9-19(24-10-2-3-11-24)18(12-17)20(26)22-13-15-4-6-16(21)7-5-15/h4-9,12H,2-3,10-11,13H2,1H3,(H,22,26)(H,23,25). The van der Waals surface area contributed by atoms with E-state index in [-0.39, 0.29) is 17.6 Å². The summed E-state index contributed by atoms with van der Waals surface area (Å²) in [7, 11) is 0. The Balaban J connectivity index is 1.80. The maximum Gasteiger partial charge on any atom is 0.253 e. The van der Waals surface area contributed by atoms with Crippen LogP contribution in [0.4, 0.5) is 15.8 Å². The zero-order valence-electron chi connectivity index (χ0n) is 14.7. The van der Waals surface area contributed by atoms with E-state index in [2.05, 4.69) is 15.5 Å². The molecular formula is C20H22FN3O2. The smallest absolute Gasteiger partial charge is 0.253 e. The average molecular weight is 355 g/mol. The van der Waals surface area contributed by atoms with Gasteiger partial charge in [-0.2, -0.15) is 0 Å². The van der Waals surface area contributed by atoms with Gasteiger partial charge in [0.25, 0.3) is 5.91 Å². The topological polar surface area (TPSA) is 61.4 Å². The lowest BCUT2D eigenvalue weighted by atomic mass is 10.1. The number of nitrogens with zero attached hydrogens (tertiary/aromatic N) is 1. The van der Waals surface area contributed by atoms with Crippen LogP contribution in [-0.4, -0.2) is 24.9 Å². The largest absolute Gasteiger partial charge is 0.371 e. The first-order chi connectivity index (χ1) is 12.5. The van der Waals surface area contributed by atoms with Gasteiger partial charge in [-0.3, -0.25) is 9.59 Å². The van der Waals surface area contributed by atoms with Crippen LogP contribution in [-0.2, 0) is 11.3 Å². The molecule has 26 heavy (non-hydrogen) atoms. The minimum absolute atomic E-state index is 0.184. The third kappa shape index (κ3) is 4.39. The van der Waals surface area contributed by atoms with Crippen LogP contribution in [0.25, 0.3) is 0 Å². The molecule has 1 heterocycles. The molecule has 2 aromatic rings. The van der Waals surface area contributed by atoms with Gasteiger partial charge in [0.2, 0.25) is 5.91 Å². The van der Waals surface area contributed by atoms with Gasteiger partial charge in [-0.15, -0.1) is 0 Å². The van der Waals surface area contributed by atoms with Crippen molar-refractivity contribution >= 4 is 23.2 Å². The molecule has 6 heteroatoms. The molecule has 1 fully saturated rings. The number of rotatable bonds is 5. The molecule has 136 valence electrons. The number of benzene rings is 2. The molecule has 0 unspecified atom stereocenters. The number of hydrogen-bond acceptors (Lipinski definition) is 3. The highest BCUT2D eigenvalue weighted by molar-refractivity contribution is 6.02. The molecule has 1 saturated heterocycles. The number of halogens is 1. The summed E-state index contributed by atoms with van der Waals surface area (Å²) in [5, 5.41) is 5.60. The van der Waals surface area contributed by atoms with Crippen molar-refractivity contribution in [2.75, 3.05) is 23.3 Å². The van der Waals surface area contributed by atoms with E-state index in [4.69, 9.17) is 0 Å². The van der Waals surface area contributed by atoms with Gasteiger partial charge in [-0.1, -0.05) is 12.1 Å². The summed E-state index contributed by atoms with van der Waals surface area (Å²) in [5.41, 5.74) is 2.81. The molecule has 0 radical (unpaired) electrons. The monoisotopic (exact) mass is 355 g/mol. The lowest BCUT2D eigenvalue weighted by molar-refractivity contribution is -0.114. The Labute approximate surface area is 152 Å². The van der Waals surface area contributed by atoms with Crippen molar-refractivity contribution in [1.82, 2.24) is 5.32 Å². The molecule has 1 aliphatic heterocycles. The van der Waals surface area contributed by atoms with E-state index in [1.165, 1.54) is 19.1 Å². The molecule has 5 nitrogen and oxygen atoms in total. The fraction of sp³-hybridized carbons (Fsp3) is 0.300. The Hall–Kier alpha value is -2.89. The highest BCUT2D eigenvalue weighted by Gasteiger charge is 2.20. The fourth-order valence-corrected chi connectivity index (χ4v) is 3.11. The van der Waals surface area contributed by atoms with Gasteiger partial charge < -0.3 is 15.5 Å². The maximum absolute atomic E-state index is 13.0. The third-order valence-corrected chi connectivity index (χ3v) is 4.37. The van der Waals surface area contributed by atoms with E-state index < -0.39 is 0 Å². The van der Waals surface area contributed by atoms with Crippen LogP contribution in [0.1, 0.15) is 35.7 Å². The van der Waals surface area contributed by atoms with E-state index in [0.29, 0.717) is 17.8 Å². The number of anilines is 2. The minimum atomic E-state index is -0.306. The van der Waals surface area contributed by atoms with Crippen molar-refractivity contribution in [3.8, 4) is 0 Å². The van der Waals surface area contributed by atoms with Gasteiger partial charge >= 0.3 is 0 Å². The molecule has 2 N–H and O–H groups in total. The third-order valence-electron chi connectivity index (χ3n) is 4.37. The minimum Gasteiger partial charge on any atom is -0.371 e. The first-order valence-electron chi connectivity index (χ1n) is 8.72. The normalized spacial score (nSPS) is 13.5. The Morgan fingerprint density at radius 2 is 1.77 bits per heavy atom. The quantitative estimate of drug-likeness (QED) is 0.865. The molecular weight excluding hydrogens is 333 g/mol. The van der Waals surface area contributed by atoms with E-state index >= 15 is 0 Å². The van der Waals surface area contributed by atoms with Crippen LogP contribution in [0, 0.1) is 5.82 Å². The summed E-state index contributed by atoms with van der Waals surface area (Å²) in [5.74, 6) is -0.709. The molecule has 0 saturated carbocycles. The molecule has 2 aromatic carbocycles. The molecule has 0 atom stereocenters. The van der Waals surface area contributed by atoms with E-state index in [9.17, 15) is 14.0 Å². The SMILES string of the molecule is CC(=O)Nc1ccc(N2CCCC2)c(C(=O)NCc2ccc(F)cc2)c1. The van der Waals surface area contributed by atoms with Crippen LogP contribution in [0.3, 0.4) is 0 Å². The van der Waals surface area contributed by atoms with E-state index in [1.54, 1.807) is 18.2 Å². The van der Waals surface area contributed by atoms with Crippen LogP contribution in [0.5, 0.6) is 0 Å². The van der Waals surface area contributed by atoms with Crippen molar-refractivity contribution in [2.45, 2.75) is 26.3 Å². The summed E-state index contributed by atoms with van der Waals surface area (Å²) in [6.07, 6.45) is 2.20. The van der Waals surface area contributed by atoms with E-state index in [0.717, 1.165) is 37.2 Å². The number of carbonyl (C=O) groups is 2. The Morgan fingerprint density at radius 3 is 2.42 bits per heavy atom. The molecule has 0 spiro atoms. The summed E-state index contributed by atoms with van der Waals surface area (Å²) in [6, 6.07) is 11.4. The second kappa shape index (κ2) is 7.99. The average Bonchev–Trinajstić information content (AvgIpc) is 3.15. The van der Waals surface area contributed by atoms with Crippen LogP contribution < -0.4 is 15.5 Å². The van der Waals surface area contributed by atoms with Crippen LogP contribution >= 0.6 is 0 Å². The number of carbonyl (C=O) groups excluding carboxylic acids is 2. The van der Waals surface area contributed by atoms with Crippen LogP contribution in [0.15, 0.2) is 42.5 Å². The molecule has 0 aliphatic carbocycles. The predicted molar refractivity (Wildman–Crippen MR) is 99.8 cm³/mol. The van der Waals surface area contributed by atoms with Crippen molar-refractivity contribution in [1.29, 1.82) is 0 Å². The van der Waals surface area contributed by atoms with Gasteiger partial charge in [-0.05, 0) is 48.7 Å². The zero-order chi connectivity index (χ0) is 18.5. The summed E-state index contributed by atoms with van der Waals surface area (Å²) >= 11 is 0. The first-order valence-corrected chi connectivity index (χ1v) is 8.72. The van der Waals surface area contributed by atoms with Gasteiger partial charge in [0.05, 0.1) is 5.56 Å². The summed E-state index contributed by atoms with van der Waals surface area (Å²) in [6.45, 7) is 3.57. The van der Waals surface area contributed by atoms with Crippen molar-refractivity contribution in [3.63, 3.8) is 0 Å². The van der Waals surface area contributed by atoms with E-state index in [1.807, 2.05) is 12.1 Å². The highest BCUT2D eigenvalue weighted by atomic mass is 19.1. The summed E-state index contributed by atoms with van der Waals surface area (Å²) < 4.78 is 13.0. The van der Waals surface area contributed by atoms with Crippen LogP contribution in [0.2, 0.25) is 0 Å². The van der Waals surface area contributed by atoms with Gasteiger partial charge in [0.1, 0.15) is 5.82 Å². The maximum atomic E-state index is 13.0. The second-order valence-electron chi connectivity index (χ2n) is 6.42. The summed E-state index contributed by atoms with van der Waals surface area (Å²) in [4.78, 5) is 26.3. The Morgan fingerprint density at radius 1 is 1.08 bits per heavy atom. The Kier molecular flexibility index (Phi) is 5.51. The number of nitrogens with one attached hydrogen (secondary N) is 2. The highest BCUT2D eigenvalue weighted by Crippen LogP contribution is 2.27. The first kappa shape index (κ1) is 17.9. The number of hydrogen-bond donors (Lipinski definition) is 2. The number of amides is 2. The lowest BCUT2D eigenvalue weighted by Crippen LogP contribution is -2.27. The van der Waals surface area contributed by atoms with Crippen molar-refractivity contribution in [3.05, 3.63) is 59.4 Å². The molecule has 0 aromatic heterocycles. The second-order valence-corrected chi connectivity index (χ2v) is 6.42. The molecule has 1 aliphatic rings. The van der Waals surface area contributed by atoms with Crippen molar-refractivity contribution < 1.29 is 14.0 Å². The van der Waals surface area contributed by atoms with Gasteiger partial charge in [0.15, 0.2) is 0 Å². The van der Waals surface area contributed by atoms with Crippen molar-refractivity contribution in [2.24, 2.45) is 0 Å². The zero-order valence-corrected chi connectivity index (χ0v) is 14.7. The molecule has 3 rings (SSSR count). The van der Waals surface area contributed by atoms with Gasteiger partial charge in [-0.25, -0.2) is 4.39 Å². The predicted octanol–water partition coefficient (Wildman–Crippen LogP) is 3.31. The Bertz CT molecular complexity index is 799. The van der Waals surface area contributed by atoms with Gasteiger partial charge in [0, 0.05) is 37.9 Å². The fourth-order valence-electron chi connectivity index (χ4n) is 3.11. The molecule has 0 bridgehead atoms. The lowest BCUT2D eigenvalue weighted by Gasteiger charge is -2.22. The molecule has 2 amide bonds.